The first-order valence-corrected chi connectivity index (χ1v) is 9.12. The van der Waals surface area contributed by atoms with Crippen molar-refractivity contribution in [3.8, 4) is 17.4 Å². The molecule has 11 heteroatoms. The van der Waals surface area contributed by atoms with Crippen LogP contribution in [0.3, 0.4) is 0 Å². The first-order valence-electron chi connectivity index (χ1n) is 7.76. The summed E-state index contributed by atoms with van der Waals surface area (Å²) in [5, 5.41) is 17.2. The van der Waals surface area contributed by atoms with Gasteiger partial charge in [0.15, 0.2) is 11.6 Å². The smallest absolute Gasteiger partial charge is 0.283 e. The maximum atomic E-state index is 6.03. The molecular weight excluding hydrogens is 392 g/mol. The molecule has 0 spiro atoms. The third-order valence-corrected chi connectivity index (χ3v) is 4.62. The van der Waals surface area contributed by atoms with Gasteiger partial charge in [0.05, 0.1) is 12.0 Å². The average Bonchev–Trinajstić information content (AvgIpc) is 3.41. The molecule has 0 saturated carbocycles. The molecule has 0 bridgehead atoms. The van der Waals surface area contributed by atoms with Gasteiger partial charge in [0.2, 0.25) is 11.0 Å². The first-order chi connectivity index (χ1) is 13.2. The molecule has 27 heavy (non-hydrogen) atoms. The van der Waals surface area contributed by atoms with Crippen molar-refractivity contribution in [2.24, 2.45) is 0 Å². The lowest BCUT2D eigenvalue weighted by Crippen LogP contribution is -2.15. The van der Waals surface area contributed by atoms with Gasteiger partial charge in [0, 0.05) is 5.02 Å². The van der Waals surface area contributed by atoms with Gasteiger partial charge in [0.1, 0.15) is 12.4 Å². The van der Waals surface area contributed by atoms with Crippen molar-refractivity contribution in [3.63, 3.8) is 0 Å². The standard InChI is InChI=1S/C16H13ClN6O3S/c17-10-3-5-11(6-4-10)25-8-13-19-22-16(23(13)18)27-9-14-20-21-15(26-14)12-2-1-7-24-12/h1-7H,8-9,18H2. The SMILES string of the molecule is Nn1c(COc2ccc(Cl)cc2)nnc1SCc1nnc(-c2ccco2)o1. The molecular formula is C16H13ClN6O3S. The van der Waals surface area contributed by atoms with Gasteiger partial charge in [-0.05, 0) is 36.4 Å². The van der Waals surface area contributed by atoms with E-state index < -0.39 is 0 Å². The second-order valence-corrected chi connectivity index (χ2v) is 6.66. The van der Waals surface area contributed by atoms with Gasteiger partial charge in [0.25, 0.3) is 5.89 Å². The monoisotopic (exact) mass is 404 g/mol. The lowest BCUT2D eigenvalue weighted by molar-refractivity contribution is 0.291. The maximum absolute atomic E-state index is 6.03. The Labute approximate surface area is 162 Å². The van der Waals surface area contributed by atoms with Crippen LogP contribution in [0.1, 0.15) is 11.7 Å². The predicted molar refractivity (Wildman–Crippen MR) is 97.5 cm³/mol. The van der Waals surface area contributed by atoms with Gasteiger partial charge in [-0.15, -0.1) is 20.4 Å². The normalized spacial score (nSPS) is 11.0. The minimum absolute atomic E-state index is 0.175. The van der Waals surface area contributed by atoms with E-state index >= 15 is 0 Å². The summed E-state index contributed by atoms with van der Waals surface area (Å²) in [6, 6.07) is 10.5. The van der Waals surface area contributed by atoms with Gasteiger partial charge in [-0.2, -0.15) is 0 Å². The zero-order valence-corrected chi connectivity index (χ0v) is 15.4. The van der Waals surface area contributed by atoms with Gasteiger partial charge in [-0.25, -0.2) is 4.68 Å². The van der Waals surface area contributed by atoms with E-state index in [9.17, 15) is 0 Å². The molecule has 0 aliphatic carbocycles. The van der Waals surface area contributed by atoms with Crippen molar-refractivity contribution >= 4 is 23.4 Å². The molecule has 138 valence electrons. The molecule has 0 amide bonds. The van der Waals surface area contributed by atoms with Gasteiger partial charge < -0.3 is 19.4 Å². The van der Waals surface area contributed by atoms with Crippen LogP contribution in [-0.4, -0.2) is 25.1 Å². The highest BCUT2D eigenvalue weighted by atomic mass is 35.5. The number of rotatable bonds is 7. The number of hydrogen-bond acceptors (Lipinski definition) is 9. The zero-order valence-electron chi connectivity index (χ0n) is 13.8. The van der Waals surface area contributed by atoms with E-state index in [1.165, 1.54) is 16.4 Å². The van der Waals surface area contributed by atoms with Crippen molar-refractivity contribution in [3.05, 3.63) is 59.4 Å². The first kappa shape index (κ1) is 17.4. The van der Waals surface area contributed by atoms with Crippen LogP contribution in [0.4, 0.5) is 0 Å². The average molecular weight is 405 g/mol. The molecule has 3 heterocycles. The van der Waals surface area contributed by atoms with E-state index in [4.69, 9.17) is 31.0 Å². The second kappa shape index (κ2) is 7.72. The van der Waals surface area contributed by atoms with E-state index in [0.29, 0.717) is 45.0 Å². The van der Waals surface area contributed by atoms with Crippen molar-refractivity contribution in [2.75, 3.05) is 5.84 Å². The van der Waals surface area contributed by atoms with Crippen LogP contribution in [0.2, 0.25) is 5.02 Å². The lowest BCUT2D eigenvalue weighted by Gasteiger charge is -2.06. The summed E-state index contributed by atoms with van der Waals surface area (Å²) in [5.74, 6) is 8.82. The van der Waals surface area contributed by atoms with E-state index in [0.717, 1.165) is 0 Å². The molecule has 4 aromatic rings. The maximum Gasteiger partial charge on any atom is 0.283 e. The van der Waals surface area contributed by atoms with Crippen molar-refractivity contribution < 1.29 is 13.6 Å². The van der Waals surface area contributed by atoms with Crippen LogP contribution < -0.4 is 10.6 Å². The Morgan fingerprint density at radius 2 is 1.96 bits per heavy atom. The Balaban J connectivity index is 1.35. The Morgan fingerprint density at radius 1 is 1.11 bits per heavy atom. The molecule has 0 unspecified atom stereocenters. The summed E-state index contributed by atoms with van der Waals surface area (Å²) >= 11 is 7.17. The highest BCUT2D eigenvalue weighted by Gasteiger charge is 2.15. The van der Waals surface area contributed by atoms with Gasteiger partial charge in [-0.1, -0.05) is 23.4 Å². The van der Waals surface area contributed by atoms with Crippen LogP contribution in [-0.2, 0) is 12.4 Å². The molecule has 9 nitrogen and oxygen atoms in total. The Morgan fingerprint density at radius 3 is 2.74 bits per heavy atom. The van der Waals surface area contributed by atoms with E-state index in [1.807, 2.05) is 0 Å². The van der Waals surface area contributed by atoms with Crippen LogP contribution in [0, 0.1) is 0 Å². The van der Waals surface area contributed by atoms with Crippen LogP contribution in [0.15, 0.2) is 56.7 Å². The molecule has 0 fully saturated rings. The fraction of sp³-hybridized carbons (Fsp3) is 0.125. The topological polar surface area (TPSA) is 118 Å². The molecule has 2 N–H and O–H groups in total. The largest absolute Gasteiger partial charge is 0.486 e. The minimum Gasteiger partial charge on any atom is -0.486 e. The molecule has 0 atom stereocenters. The van der Waals surface area contributed by atoms with Crippen LogP contribution in [0.25, 0.3) is 11.7 Å². The second-order valence-electron chi connectivity index (χ2n) is 5.28. The molecule has 0 aliphatic rings. The third kappa shape index (κ3) is 4.07. The summed E-state index contributed by atoms with van der Waals surface area (Å²) < 4.78 is 17.7. The zero-order chi connectivity index (χ0) is 18.6. The van der Waals surface area contributed by atoms with E-state index in [-0.39, 0.29) is 6.61 Å². The Kier molecular flexibility index (Phi) is 4.99. The Hall–Kier alpha value is -2.98. The quantitative estimate of drug-likeness (QED) is 0.366. The summed E-state index contributed by atoms with van der Waals surface area (Å²) in [6.45, 7) is 0.175. The minimum atomic E-state index is 0.175. The highest BCUT2D eigenvalue weighted by Crippen LogP contribution is 2.23. The molecule has 0 aliphatic heterocycles. The van der Waals surface area contributed by atoms with Crippen molar-refractivity contribution in [2.45, 2.75) is 17.5 Å². The number of thioether (sulfide) groups is 1. The number of benzene rings is 1. The number of halogens is 1. The third-order valence-electron chi connectivity index (χ3n) is 3.44. The van der Waals surface area contributed by atoms with Crippen LogP contribution >= 0.6 is 23.4 Å². The van der Waals surface area contributed by atoms with E-state index in [2.05, 4.69) is 20.4 Å². The summed E-state index contributed by atoms with van der Waals surface area (Å²) in [6.07, 6.45) is 1.54. The number of hydrogen-bond donors (Lipinski definition) is 1. The fourth-order valence-corrected chi connectivity index (χ4v) is 2.96. The fourth-order valence-electron chi connectivity index (χ4n) is 2.12. The number of nitrogen functional groups attached to an aromatic ring is 1. The summed E-state index contributed by atoms with van der Waals surface area (Å²) in [7, 11) is 0. The number of aromatic nitrogens is 5. The molecule has 3 aromatic heterocycles. The molecule has 0 radical (unpaired) electrons. The predicted octanol–water partition coefficient (Wildman–Crippen LogP) is 3.16. The summed E-state index contributed by atoms with van der Waals surface area (Å²) in [5.41, 5.74) is 0. The number of nitrogens with two attached hydrogens (primary N) is 1. The van der Waals surface area contributed by atoms with Crippen molar-refractivity contribution in [1.82, 2.24) is 25.1 Å². The number of nitrogens with zero attached hydrogens (tertiary/aromatic N) is 5. The Bertz CT molecular complexity index is 1020. The molecule has 0 saturated heterocycles. The molecule has 4 rings (SSSR count). The summed E-state index contributed by atoms with van der Waals surface area (Å²) in [4.78, 5) is 0. The highest BCUT2D eigenvalue weighted by molar-refractivity contribution is 7.98. The molecule has 1 aromatic carbocycles. The lowest BCUT2D eigenvalue weighted by atomic mass is 10.3. The van der Waals surface area contributed by atoms with Crippen LogP contribution in [0.5, 0.6) is 5.75 Å². The van der Waals surface area contributed by atoms with E-state index in [1.54, 1.807) is 42.7 Å². The number of furan rings is 1. The van der Waals surface area contributed by atoms with Crippen molar-refractivity contribution in [1.29, 1.82) is 0 Å². The number of ether oxygens (including phenoxy) is 1. The van der Waals surface area contributed by atoms with Gasteiger partial charge >= 0.3 is 0 Å². The van der Waals surface area contributed by atoms with Gasteiger partial charge in [-0.3, -0.25) is 0 Å².